The molecule has 6 nitrogen and oxygen atoms in total. The fraction of sp³-hybridized carbons (Fsp3) is 0.538. The van der Waals surface area contributed by atoms with Crippen molar-refractivity contribution in [2.45, 2.75) is 33.7 Å². The predicted molar refractivity (Wildman–Crippen MR) is 76.3 cm³/mol. The molecule has 108 valence electrons. The second-order valence-corrected chi connectivity index (χ2v) is 6.78. The molecule has 0 bridgehead atoms. The van der Waals surface area contributed by atoms with Crippen LogP contribution < -0.4 is 0 Å². The minimum atomic E-state index is -0.813. The second kappa shape index (κ2) is 5.70. The highest BCUT2D eigenvalue weighted by molar-refractivity contribution is 7.08. The highest BCUT2D eigenvalue weighted by atomic mass is 32.1. The average molecular weight is 294 g/mol. The van der Waals surface area contributed by atoms with E-state index in [2.05, 4.69) is 15.5 Å². The molecule has 1 unspecified atom stereocenters. The number of aliphatic carboxylic acids is 1. The van der Waals surface area contributed by atoms with Crippen LogP contribution in [0.3, 0.4) is 0 Å². The molecule has 0 radical (unpaired) electrons. The normalized spacial score (nSPS) is 13.3. The van der Waals surface area contributed by atoms with Gasteiger partial charge in [-0.1, -0.05) is 20.8 Å². The first-order valence-electron chi connectivity index (χ1n) is 6.38. The molecule has 20 heavy (non-hydrogen) atoms. The van der Waals surface area contributed by atoms with Crippen LogP contribution in [0, 0.1) is 11.3 Å². The quantitative estimate of drug-likeness (QED) is 0.916. The van der Waals surface area contributed by atoms with Gasteiger partial charge in [0, 0.05) is 10.9 Å². The van der Waals surface area contributed by atoms with E-state index >= 15 is 0 Å². The summed E-state index contributed by atoms with van der Waals surface area (Å²) in [5.41, 5.74) is 0.861. The zero-order valence-electron chi connectivity index (χ0n) is 11.8. The highest BCUT2D eigenvalue weighted by Gasteiger charge is 2.26. The Kier molecular flexibility index (Phi) is 4.17. The van der Waals surface area contributed by atoms with Crippen LogP contribution in [0.25, 0.3) is 11.4 Å². The van der Waals surface area contributed by atoms with E-state index in [9.17, 15) is 9.90 Å². The third-order valence-corrected chi connectivity index (χ3v) is 3.60. The summed E-state index contributed by atoms with van der Waals surface area (Å²) in [5.74, 6) is -0.700. The monoisotopic (exact) mass is 294 g/mol. The molecule has 2 rings (SSSR count). The summed E-state index contributed by atoms with van der Waals surface area (Å²) >= 11 is 1.56. The summed E-state index contributed by atoms with van der Waals surface area (Å²) in [6.45, 7) is 6.37. The third kappa shape index (κ3) is 3.63. The van der Waals surface area contributed by atoms with Crippen molar-refractivity contribution in [1.82, 2.24) is 20.2 Å². The molecule has 0 aliphatic heterocycles. The van der Waals surface area contributed by atoms with Crippen LogP contribution >= 0.6 is 11.3 Å². The van der Waals surface area contributed by atoms with Gasteiger partial charge in [-0.05, 0) is 33.7 Å². The SMILES string of the molecule is CC(C)(C)CC(Cn1nnnc1-c1ccsc1)C(=O)O. The molecule has 2 heterocycles. The zero-order chi connectivity index (χ0) is 14.8. The molecular formula is C13H18N4O2S. The van der Waals surface area contributed by atoms with Gasteiger partial charge in [0.1, 0.15) is 0 Å². The molecule has 0 aliphatic carbocycles. The molecule has 2 aromatic rings. The zero-order valence-corrected chi connectivity index (χ0v) is 12.6. The Morgan fingerprint density at radius 1 is 1.50 bits per heavy atom. The Hall–Kier alpha value is -1.76. The van der Waals surface area contributed by atoms with Crippen molar-refractivity contribution >= 4 is 17.3 Å². The first kappa shape index (κ1) is 14.6. The molecule has 1 N–H and O–H groups in total. The van der Waals surface area contributed by atoms with Crippen LogP contribution in [0.15, 0.2) is 16.8 Å². The van der Waals surface area contributed by atoms with Gasteiger partial charge in [-0.3, -0.25) is 4.79 Å². The fourth-order valence-corrected chi connectivity index (χ4v) is 2.74. The van der Waals surface area contributed by atoms with Crippen molar-refractivity contribution in [1.29, 1.82) is 0 Å². The molecule has 2 aromatic heterocycles. The number of carboxylic acid groups (broad SMARTS) is 1. The number of hydrogen-bond donors (Lipinski definition) is 1. The lowest BCUT2D eigenvalue weighted by molar-refractivity contribution is -0.143. The number of hydrogen-bond acceptors (Lipinski definition) is 5. The highest BCUT2D eigenvalue weighted by Crippen LogP contribution is 2.27. The number of carboxylic acids is 1. The van der Waals surface area contributed by atoms with E-state index in [1.54, 1.807) is 16.0 Å². The minimum Gasteiger partial charge on any atom is -0.481 e. The smallest absolute Gasteiger partial charge is 0.308 e. The van der Waals surface area contributed by atoms with Gasteiger partial charge in [0.25, 0.3) is 0 Å². The molecule has 7 heteroatoms. The fourth-order valence-electron chi connectivity index (χ4n) is 2.10. The Labute approximate surface area is 121 Å². The van der Waals surface area contributed by atoms with Crippen molar-refractivity contribution < 1.29 is 9.90 Å². The summed E-state index contributed by atoms with van der Waals surface area (Å²) in [6.07, 6.45) is 0.575. The van der Waals surface area contributed by atoms with Gasteiger partial charge >= 0.3 is 5.97 Å². The predicted octanol–water partition coefficient (Wildman–Crippen LogP) is 2.54. The first-order valence-corrected chi connectivity index (χ1v) is 7.32. The number of tetrazole rings is 1. The molecule has 0 spiro atoms. The second-order valence-electron chi connectivity index (χ2n) is 6.00. The number of rotatable bonds is 5. The first-order chi connectivity index (χ1) is 9.37. The summed E-state index contributed by atoms with van der Waals surface area (Å²) in [4.78, 5) is 11.4. The summed E-state index contributed by atoms with van der Waals surface area (Å²) in [6, 6.07) is 1.92. The number of thiophene rings is 1. The summed E-state index contributed by atoms with van der Waals surface area (Å²) in [7, 11) is 0. The van der Waals surface area contributed by atoms with E-state index in [-0.39, 0.29) is 12.0 Å². The van der Waals surface area contributed by atoms with Crippen molar-refractivity contribution in [3.63, 3.8) is 0 Å². The van der Waals surface area contributed by atoms with E-state index in [1.807, 2.05) is 37.6 Å². The number of carbonyl (C=O) groups is 1. The van der Waals surface area contributed by atoms with Gasteiger partial charge in [-0.25, -0.2) is 4.68 Å². The maximum Gasteiger partial charge on any atom is 0.308 e. The molecular weight excluding hydrogens is 276 g/mol. The summed E-state index contributed by atoms with van der Waals surface area (Å²) < 4.78 is 1.58. The van der Waals surface area contributed by atoms with Crippen LogP contribution in [-0.4, -0.2) is 31.3 Å². The standard InChI is InChI=1S/C13H18N4O2S/c1-13(2,3)6-10(12(18)19)7-17-11(14-15-16-17)9-4-5-20-8-9/h4-5,8,10H,6-7H2,1-3H3,(H,18,19). The lowest BCUT2D eigenvalue weighted by atomic mass is 9.84. The van der Waals surface area contributed by atoms with E-state index in [4.69, 9.17) is 0 Å². The lowest BCUT2D eigenvalue weighted by Crippen LogP contribution is -2.26. The molecule has 0 aliphatic rings. The van der Waals surface area contributed by atoms with Crippen LogP contribution in [0.1, 0.15) is 27.2 Å². The van der Waals surface area contributed by atoms with Gasteiger partial charge in [0.15, 0.2) is 5.82 Å². The molecule has 0 saturated carbocycles. The van der Waals surface area contributed by atoms with Crippen molar-refractivity contribution in [2.24, 2.45) is 11.3 Å². The van der Waals surface area contributed by atoms with Crippen molar-refractivity contribution in [2.75, 3.05) is 0 Å². The molecule has 0 amide bonds. The van der Waals surface area contributed by atoms with Gasteiger partial charge < -0.3 is 5.11 Å². The van der Waals surface area contributed by atoms with Gasteiger partial charge in [-0.2, -0.15) is 11.3 Å². The van der Waals surface area contributed by atoms with E-state index in [0.717, 1.165) is 5.56 Å². The van der Waals surface area contributed by atoms with E-state index in [1.165, 1.54) is 0 Å². The maximum atomic E-state index is 11.4. The van der Waals surface area contributed by atoms with E-state index in [0.29, 0.717) is 12.2 Å². The van der Waals surface area contributed by atoms with Crippen LogP contribution in [0.5, 0.6) is 0 Å². The Morgan fingerprint density at radius 3 is 2.80 bits per heavy atom. The Bertz CT molecular complexity index is 571. The maximum absolute atomic E-state index is 11.4. The topological polar surface area (TPSA) is 80.9 Å². The largest absolute Gasteiger partial charge is 0.481 e. The molecule has 1 atom stereocenters. The number of nitrogens with zero attached hydrogens (tertiary/aromatic N) is 4. The van der Waals surface area contributed by atoms with Crippen molar-refractivity contribution in [3.8, 4) is 11.4 Å². The molecule has 0 saturated heterocycles. The Morgan fingerprint density at radius 2 is 2.25 bits per heavy atom. The molecule has 0 aromatic carbocycles. The molecule has 0 fully saturated rings. The van der Waals surface area contributed by atoms with Crippen molar-refractivity contribution in [3.05, 3.63) is 16.8 Å². The van der Waals surface area contributed by atoms with Crippen LogP contribution in [0.2, 0.25) is 0 Å². The summed E-state index contributed by atoms with van der Waals surface area (Å²) in [5, 5.41) is 24.8. The van der Waals surface area contributed by atoms with Gasteiger partial charge in [-0.15, -0.1) is 5.10 Å². The van der Waals surface area contributed by atoms with Crippen LogP contribution in [0.4, 0.5) is 0 Å². The lowest BCUT2D eigenvalue weighted by Gasteiger charge is -2.23. The van der Waals surface area contributed by atoms with Crippen LogP contribution in [-0.2, 0) is 11.3 Å². The van der Waals surface area contributed by atoms with Gasteiger partial charge in [0.05, 0.1) is 12.5 Å². The minimum absolute atomic E-state index is 0.0559. The van der Waals surface area contributed by atoms with Gasteiger partial charge in [0.2, 0.25) is 0 Å². The van der Waals surface area contributed by atoms with E-state index < -0.39 is 11.9 Å². The average Bonchev–Trinajstić information content (AvgIpc) is 2.94. The third-order valence-electron chi connectivity index (χ3n) is 2.91. The Balaban J connectivity index is 2.20. The number of aromatic nitrogens is 4.